The molecule has 2 aliphatic rings. The quantitative estimate of drug-likeness (QED) is 0.824. The van der Waals surface area contributed by atoms with Crippen LogP contribution in [0.15, 0.2) is 54.6 Å². The first-order valence-electron chi connectivity index (χ1n) is 7.94. The Balaban J connectivity index is 1.77. The summed E-state index contributed by atoms with van der Waals surface area (Å²) in [6.45, 7) is 1.98. The van der Waals surface area contributed by atoms with E-state index in [1.807, 2.05) is 0 Å². The lowest BCUT2D eigenvalue weighted by molar-refractivity contribution is 0.0854. The fourth-order valence-corrected chi connectivity index (χ4v) is 3.76. The number of para-hydroxylation sites is 1. The molecule has 0 amide bonds. The van der Waals surface area contributed by atoms with Crippen molar-refractivity contribution in [3.63, 3.8) is 0 Å². The summed E-state index contributed by atoms with van der Waals surface area (Å²) in [4.78, 5) is 2.54. The maximum absolute atomic E-state index is 6.06. The van der Waals surface area contributed by atoms with E-state index in [1.54, 1.807) is 0 Å². The smallest absolute Gasteiger partial charge is 0.0821 e. The first-order chi connectivity index (χ1) is 10.4. The van der Waals surface area contributed by atoms with E-state index in [4.69, 9.17) is 4.74 Å². The van der Waals surface area contributed by atoms with Crippen molar-refractivity contribution >= 4 is 5.69 Å². The molecular weight excluding hydrogens is 258 g/mol. The number of benzene rings is 2. The van der Waals surface area contributed by atoms with E-state index in [0.29, 0.717) is 12.1 Å². The van der Waals surface area contributed by atoms with E-state index >= 15 is 0 Å². The lowest BCUT2D eigenvalue weighted by atomic mass is 9.88. The highest BCUT2D eigenvalue weighted by Crippen LogP contribution is 2.39. The van der Waals surface area contributed by atoms with Crippen molar-refractivity contribution in [3.05, 3.63) is 65.7 Å². The Hall–Kier alpha value is -1.80. The molecule has 2 aromatic carbocycles. The van der Waals surface area contributed by atoms with Crippen LogP contribution in [0.2, 0.25) is 0 Å². The molecule has 21 heavy (non-hydrogen) atoms. The van der Waals surface area contributed by atoms with Gasteiger partial charge in [-0.3, -0.25) is 0 Å². The van der Waals surface area contributed by atoms with Gasteiger partial charge in [0.2, 0.25) is 0 Å². The minimum absolute atomic E-state index is 0.326. The van der Waals surface area contributed by atoms with E-state index in [2.05, 4.69) is 59.5 Å². The average Bonchev–Trinajstić information content (AvgIpc) is 3.08. The Bertz CT molecular complexity index is 604. The Morgan fingerprint density at radius 3 is 2.57 bits per heavy atom. The molecule has 1 fully saturated rings. The van der Waals surface area contributed by atoms with E-state index in [1.165, 1.54) is 29.7 Å². The number of hydrogen-bond donors (Lipinski definition) is 0. The summed E-state index contributed by atoms with van der Waals surface area (Å²) in [5.41, 5.74) is 4.26. The summed E-state index contributed by atoms with van der Waals surface area (Å²) in [7, 11) is 0. The maximum Gasteiger partial charge on any atom is 0.0821 e. The van der Waals surface area contributed by atoms with Gasteiger partial charge in [-0.15, -0.1) is 0 Å². The van der Waals surface area contributed by atoms with E-state index in [-0.39, 0.29) is 0 Å². The fraction of sp³-hybridized carbons (Fsp3) is 0.368. The molecule has 0 spiro atoms. The molecule has 2 atom stereocenters. The fourth-order valence-electron chi connectivity index (χ4n) is 3.76. The standard InChI is InChI=1S/C19H21NO/c1-2-8-16(9-3-1)20-13-12-15-7-4-5-10-17(15)19(20)18-11-6-14-21-18/h1-5,7-10,18-19H,6,11-14H2/t18-,19+/m0/s1. The second-order valence-electron chi connectivity index (χ2n) is 5.97. The summed E-state index contributed by atoms with van der Waals surface area (Å²) < 4.78 is 6.06. The van der Waals surface area contributed by atoms with Crippen LogP contribution in [-0.2, 0) is 11.2 Å². The van der Waals surface area contributed by atoms with Gasteiger partial charge in [-0.25, -0.2) is 0 Å². The van der Waals surface area contributed by atoms with Crippen molar-refractivity contribution in [2.75, 3.05) is 18.1 Å². The summed E-state index contributed by atoms with van der Waals surface area (Å²) in [6.07, 6.45) is 3.80. The Kier molecular flexibility index (Phi) is 3.40. The van der Waals surface area contributed by atoms with Crippen LogP contribution in [0.5, 0.6) is 0 Å². The molecule has 0 aliphatic carbocycles. The molecule has 0 unspecified atom stereocenters. The third kappa shape index (κ3) is 2.34. The van der Waals surface area contributed by atoms with E-state index < -0.39 is 0 Å². The zero-order valence-corrected chi connectivity index (χ0v) is 12.2. The average molecular weight is 279 g/mol. The van der Waals surface area contributed by atoms with Crippen molar-refractivity contribution in [3.8, 4) is 0 Å². The third-order valence-corrected chi connectivity index (χ3v) is 4.74. The van der Waals surface area contributed by atoms with Crippen molar-refractivity contribution in [1.82, 2.24) is 0 Å². The van der Waals surface area contributed by atoms with Gasteiger partial charge in [-0.2, -0.15) is 0 Å². The van der Waals surface area contributed by atoms with Gasteiger partial charge in [0.15, 0.2) is 0 Å². The number of rotatable bonds is 2. The molecule has 4 rings (SSSR count). The largest absolute Gasteiger partial charge is 0.376 e. The van der Waals surface area contributed by atoms with Gasteiger partial charge in [0.05, 0.1) is 12.1 Å². The highest BCUT2D eigenvalue weighted by atomic mass is 16.5. The van der Waals surface area contributed by atoms with Crippen molar-refractivity contribution in [2.24, 2.45) is 0 Å². The van der Waals surface area contributed by atoms with Gasteiger partial charge in [-0.1, -0.05) is 42.5 Å². The SMILES string of the molecule is c1ccc(N2CCc3ccccc3[C@@H]2[C@@H]2CCCO2)cc1. The number of hydrogen-bond acceptors (Lipinski definition) is 2. The Morgan fingerprint density at radius 1 is 0.952 bits per heavy atom. The number of nitrogens with zero attached hydrogens (tertiary/aromatic N) is 1. The topological polar surface area (TPSA) is 12.5 Å². The summed E-state index contributed by atoms with van der Waals surface area (Å²) >= 11 is 0. The van der Waals surface area contributed by atoms with Gasteiger partial charge in [0.1, 0.15) is 0 Å². The van der Waals surface area contributed by atoms with Crippen LogP contribution in [0, 0.1) is 0 Å². The van der Waals surface area contributed by atoms with Crippen LogP contribution in [0.25, 0.3) is 0 Å². The molecule has 1 saturated heterocycles. The van der Waals surface area contributed by atoms with E-state index in [0.717, 1.165) is 19.6 Å². The highest BCUT2D eigenvalue weighted by Gasteiger charge is 2.35. The first-order valence-corrected chi connectivity index (χ1v) is 7.94. The molecule has 2 heterocycles. The lowest BCUT2D eigenvalue weighted by Crippen LogP contribution is -2.41. The summed E-state index contributed by atoms with van der Waals surface area (Å²) in [6, 6.07) is 20.0. The molecule has 108 valence electrons. The van der Waals surface area contributed by atoms with Gasteiger partial charge in [0.25, 0.3) is 0 Å². The zero-order valence-electron chi connectivity index (χ0n) is 12.2. The van der Waals surface area contributed by atoms with Gasteiger partial charge in [0, 0.05) is 18.8 Å². The second kappa shape index (κ2) is 5.53. The molecule has 0 radical (unpaired) electrons. The van der Waals surface area contributed by atoms with Crippen molar-refractivity contribution in [2.45, 2.75) is 31.4 Å². The molecule has 2 nitrogen and oxygen atoms in total. The monoisotopic (exact) mass is 279 g/mol. The Labute approximate surface area is 126 Å². The highest BCUT2D eigenvalue weighted by molar-refractivity contribution is 5.52. The molecule has 0 saturated carbocycles. The van der Waals surface area contributed by atoms with Crippen LogP contribution in [0.4, 0.5) is 5.69 Å². The Morgan fingerprint density at radius 2 is 1.76 bits per heavy atom. The maximum atomic E-state index is 6.06. The van der Waals surface area contributed by atoms with Gasteiger partial charge in [-0.05, 0) is 42.5 Å². The van der Waals surface area contributed by atoms with Crippen molar-refractivity contribution < 1.29 is 4.74 Å². The summed E-state index contributed by atoms with van der Waals surface area (Å²) in [5, 5.41) is 0. The molecule has 2 heteroatoms. The number of fused-ring (bicyclic) bond motifs is 1. The second-order valence-corrected chi connectivity index (χ2v) is 5.97. The van der Waals surface area contributed by atoms with Crippen molar-refractivity contribution in [1.29, 1.82) is 0 Å². The lowest BCUT2D eigenvalue weighted by Gasteiger charge is -2.41. The van der Waals surface area contributed by atoms with E-state index in [9.17, 15) is 0 Å². The molecule has 0 bridgehead atoms. The van der Waals surface area contributed by atoms with Crippen LogP contribution in [0.3, 0.4) is 0 Å². The molecule has 0 N–H and O–H groups in total. The third-order valence-electron chi connectivity index (χ3n) is 4.74. The van der Waals surface area contributed by atoms with Gasteiger partial charge >= 0.3 is 0 Å². The molecule has 2 aromatic rings. The normalized spacial score (nSPS) is 24.9. The van der Waals surface area contributed by atoms with Crippen LogP contribution >= 0.6 is 0 Å². The minimum atomic E-state index is 0.326. The minimum Gasteiger partial charge on any atom is -0.376 e. The first kappa shape index (κ1) is 12.9. The molecule has 0 aromatic heterocycles. The van der Waals surface area contributed by atoms with Crippen LogP contribution in [-0.4, -0.2) is 19.3 Å². The predicted octanol–water partition coefficient (Wildman–Crippen LogP) is 3.97. The number of ether oxygens (including phenoxy) is 1. The number of anilines is 1. The van der Waals surface area contributed by atoms with Crippen LogP contribution < -0.4 is 4.90 Å². The summed E-state index contributed by atoms with van der Waals surface area (Å²) in [5.74, 6) is 0. The zero-order chi connectivity index (χ0) is 14.1. The van der Waals surface area contributed by atoms with Crippen LogP contribution in [0.1, 0.15) is 30.0 Å². The predicted molar refractivity (Wildman–Crippen MR) is 85.6 cm³/mol. The van der Waals surface area contributed by atoms with Gasteiger partial charge < -0.3 is 9.64 Å². The molecule has 2 aliphatic heterocycles. The molecular formula is C19H21NO.